The second kappa shape index (κ2) is 7.66. The second-order valence-corrected chi connectivity index (χ2v) is 7.31. The molecule has 0 spiro atoms. The first-order chi connectivity index (χ1) is 9.40. The molecule has 0 radical (unpaired) electrons. The molecule has 0 amide bonds. The van der Waals surface area contributed by atoms with Crippen LogP contribution in [-0.4, -0.2) is 45.9 Å². The van der Waals surface area contributed by atoms with Crippen LogP contribution >= 0.6 is 11.8 Å². The summed E-state index contributed by atoms with van der Waals surface area (Å²) in [6.45, 7) is 5.87. The maximum Gasteiger partial charge on any atom is 0.306 e. The average molecular weight is 303 g/mol. The minimum absolute atomic E-state index is 0.245. The molecule has 0 heterocycles. The number of hydrogen-bond acceptors (Lipinski definition) is 4. The molecule has 0 unspecified atom stereocenters. The fourth-order valence-corrected chi connectivity index (χ4v) is 3.79. The van der Waals surface area contributed by atoms with Crippen LogP contribution < -0.4 is 5.32 Å². The molecule has 0 aromatic rings. The standard InChI is InChI=1S/C15H29NO3S/c1-4-15(5-2,20-3)11-16-10-14(19)8-6-12(7-9-14)13(17)18/h12,16,19H,4-11H2,1-3H3,(H,17,18). The second-order valence-electron chi connectivity index (χ2n) is 6.03. The van der Waals surface area contributed by atoms with Crippen molar-refractivity contribution in [2.75, 3.05) is 19.3 Å². The Morgan fingerprint density at radius 3 is 2.30 bits per heavy atom. The SMILES string of the molecule is CCC(CC)(CNCC1(O)CCC(C(=O)O)CC1)SC. The number of aliphatic carboxylic acids is 1. The van der Waals surface area contributed by atoms with Gasteiger partial charge in [-0.2, -0.15) is 11.8 Å². The first kappa shape index (κ1) is 17.8. The Bertz CT molecular complexity index is 302. The van der Waals surface area contributed by atoms with Crippen molar-refractivity contribution in [3.63, 3.8) is 0 Å². The van der Waals surface area contributed by atoms with E-state index in [-0.39, 0.29) is 10.7 Å². The lowest BCUT2D eigenvalue weighted by atomic mass is 9.78. The van der Waals surface area contributed by atoms with Gasteiger partial charge in [-0.05, 0) is 44.8 Å². The number of rotatable bonds is 8. The highest BCUT2D eigenvalue weighted by Gasteiger charge is 2.36. The van der Waals surface area contributed by atoms with Crippen molar-refractivity contribution in [1.82, 2.24) is 5.32 Å². The van der Waals surface area contributed by atoms with Gasteiger partial charge in [0.05, 0.1) is 11.5 Å². The highest BCUT2D eigenvalue weighted by atomic mass is 32.2. The Balaban J connectivity index is 2.40. The smallest absolute Gasteiger partial charge is 0.306 e. The predicted octanol–water partition coefficient (Wildman–Crippen LogP) is 2.50. The van der Waals surface area contributed by atoms with E-state index in [0.29, 0.717) is 32.2 Å². The van der Waals surface area contributed by atoms with Gasteiger partial charge in [-0.25, -0.2) is 0 Å². The molecule has 118 valence electrons. The largest absolute Gasteiger partial charge is 0.481 e. The van der Waals surface area contributed by atoms with Crippen molar-refractivity contribution < 1.29 is 15.0 Å². The van der Waals surface area contributed by atoms with Gasteiger partial charge >= 0.3 is 5.97 Å². The van der Waals surface area contributed by atoms with Gasteiger partial charge in [0.2, 0.25) is 0 Å². The van der Waals surface area contributed by atoms with Crippen LogP contribution in [0.2, 0.25) is 0 Å². The minimum Gasteiger partial charge on any atom is -0.481 e. The van der Waals surface area contributed by atoms with E-state index in [1.807, 2.05) is 11.8 Å². The summed E-state index contributed by atoms with van der Waals surface area (Å²) in [5, 5.41) is 22.9. The van der Waals surface area contributed by atoms with Gasteiger partial charge in [0.15, 0.2) is 0 Å². The molecule has 4 nitrogen and oxygen atoms in total. The van der Waals surface area contributed by atoms with Gasteiger partial charge in [-0.3, -0.25) is 4.79 Å². The van der Waals surface area contributed by atoms with Gasteiger partial charge in [0.25, 0.3) is 0 Å². The number of carbonyl (C=O) groups is 1. The van der Waals surface area contributed by atoms with Crippen LogP contribution in [0.4, 0.5) is 0 Å². The summed E-state index contributed by atoms with van der Waals surface area (Å²) in [5.41, 5.74) is -0.725. The van der Waals surface area contributed by atoms with E-state index in [2.05, 4.69) is 25.4 Å². The summed E-state index contributed by atoms with van der Waals surface area (Å²) >= 11 is 1.89. The van der Waals surface area contributed by atoms with Crippen molar-refractivity contribution in [1.29, 1.82) is 0 Å². The fourth-order valence-electron chi connectivity index (χ4n) is 2.96. The van der Waals surface area contributed by atoms with Crippen molar-refractivity contribution in [2.45, 2.75) is 62.7 Å². The Morgan fingerprint density at radius 1 is 1.35 bits per heavy atom. The van der Waals surface area contributed by atoms with E-state index in [1.54, 1.807) is 0 Å². The van der Waals surface area contributed by atoms with Crippen LogP contribution in [0.15, 0.2) is 0 Å². The minimum atomic E-state index is -0.725. The Kier molecular flexibility index (Phi) is 6.82. The molecule has 0 saturated heterocycles. The van der Waals surface area contributed by atoms with Crippen LogP contribution in [-0.2, 0) is 4.79 Å². The molecule has 5 heteroatoms. The molecule has 0 atom stereocenters. The van der Waals surface area contributed by atoms with Gasteiger partial charge < -0.3 is 15.5 Å². The normalized spacial score (nSPS) is 27.5. The lowest BCUT2D eigenvalue weighted by molar-refractivity contribution is -0.144. The summed E-state index contributed by atoms with van der Waals surface area (Å²) in [6.07, 6.45) is 6.70. The third kappa shape index (κ3) is 4.64. The first-order valence-corrected chi connectivity index (χ1v) is 8.84. The molecule has 3 N–H and O–H groups in total. The van der Waals surface area contributed by atoms with E-state index in [4.69, 9.17) is 5.11 Å². The molecule has 1 aliphatic carbocycles. The molecule has 1 fully saturated rings. The molecule has 0 aromatic heterocycles. The highest BCUT2D eigenvalue weighted by molar-refractivity contribution is 8.00. The number of carboxylic acids is 1. The van der Waals surface area contributed by atoms with Gasteiger partial charge in [-0.1, -0.05) is 13.8 Å². The summed E-state index contributed by atoms with van der Waals surface area (Å²) in [5.74, 6) is -0.995. The summed E-state index contributed by atoms with van der Waals surface area (Å²) in [7, 11) is 0. The van der Waals surface area contributed by atoms with E-state index < -0.39 is 11.6 Å². The van der Waals surface area contributed by atoms with E-state index in [0.717, 1.165) is 19.4 Å². The Labute approximate surface area is 126 Å². The topological polar surface area (TPSA) is 69.6 Å². The summed E-state index contributed by atoms with van der Waals surface area (Å²) in [4.78, 5) is 10.9. The zero-order valence-electron chi connectivity index (χ0n) is 12.9. The van der Waals surface area contributed by atoms with E-state index in [1.165, 1.54) is 0 Å². The zero-order valence-corrected chi connectivity index (χ0v) is 13.8. The molecule has 1 rings (SSSR count). The number of thioether (sulfide) groups is 1. The molecular weight excluding hydrogens is 274 g/mol. The van der Waals surface area contributed by atoms with Gasteiger partial charge in [0, 0.05) is 17.8 Å². The quantitative estimate of drug-likeness (QED) is 0.643. The van der Waals surface area contributed by atoms with Crippen molar-refractivity contribution in [2.24, 2.45) is 5.92 Å². The van der Waals surface area contributed by atoms with Gasteiger partial charge in [-0.15, -0.1) is 0 Å². The van der Waals surface area contributed by atoms with Gasteiger partial charge in [0.1, 0.15) is 0 Å². The third-order valence-electron chi connectivity index (χ3n) is 4.89. The lowest BCUT2D eigenvalue weighted by Gasteiger charge is -2.37. The Hall–Kier alpha value is -0.260. The molecule has 0 bridgehead atoms. The molecule has 20 heavy (non-hydrogen) atoms. The van der Waals surface area contributed by atoms with Crippen LogP contribution in [0.3, 0.4) is 0 Å². The van der Waals surface area contributed by atoms with E-state index in [9.17, 15) is 9.90 Å². The van der Waals surface area contributed by atoms with Crippen molar-refractivity contribution >= 4 is 17.7 Å². The molecule has 1 aliphatic rings. The first-order valence-electron chi connectivity index (χ1n) is 7.61. The van der Waals surface area contributed by atoms with Crippen LogP contribution in [0.1, 0.15) is 52.4 Å². The predicted molar refractivity (Wildman–Crippen MR) is 84.2 cm³/mol. The number of carboxylic acid groups (broad SMARTS) is 1. The average Bonchev–Trinajstić information content (AvgIpc) is 2.44. The molecule has 1 saturated carbocycles. The van der Waals surface area contributed by atoms with Crippen LogP contribution in [0, 0.1) is 5.92 Å². The number of hydrogen-bond donors (Lipinski definition) is 3. The number of nitrogens with one attached hydrogen (secondary N) is 1. The van der Waals surface area contributed by atoms with Crippen molar-refractivity contribution in [3.05, 3.63) is 0 Å². The van der Waals surface area contributed by atoms with Crippen molar-refractivity contribution in [3.8, 4) is 0 Å². The van der Waals surface area contributed by atoms with Crippen LogP contribution in [0.5, 0.6) is 0 Å². The van der Waals surface area contributed by atoms with E-state index >= 15 is 0 Å². The molecule has 0 aromatic carbocycles. The summed E-state index contributed by atoms with van der Waals surface area (Å²) < 4.78 is 0.245. The Morgan fingerprint density at radius 2 is 1.90 bits per heavy atom. The zero-order chi connectivity index (χ0) is 15.2. The number of aliphatic hydroxyl groups is 1. The fraction of sp³-hybridized carbons (Fsp3) is 0.933. The monoisotopic (exact) mass is 303 g/mol. The third-order valence-corrected chi connectivity index (χ3v) is 6.48. The summed E-state index contributed by atoms with van der Waals surface area (Å²) in [6, 6.07) is 0. The maximum atomic E-state index is 10.9. The molecule has 0 aliphatic heterocycles. The highest BCUT2D eigenvalue weighted by Crippen LogP contribution is 2.33. The molecular formula is C15H29NO3S. The maximum absolute atomic E-state index is 10.9. The van der Waals surface area contributed by atoms with Crippen LogP contribution in [0.25, 0.3) is 0 Å². The lowest BCUT2D eigenvalue weighted by Crippen LogP contribution is -2.48.